The maximum atomic E-state index is 11.5. The van der Waals surface area contributed by atoms with E-state index in [2.05, 4.69) is 5.32 Å². The number of rotatable bonds is 6. The molecule has 22 heavy (non-hydrogen) atoms. The molecule has 0 heterocycles. The number of ether oxygens (including phenoxy) is 1. The van der Waals surface area contributed by atoms with E-state index in [1.54, 1.807) is 38.6 Å². The molecule has 0 aromatic heterocycles. The highest BCUT2D eigenvalue weighted by Gasteiger charge is 2.21. The first kappa shape index (κ1) is 18.8. The van der Waals surface area contributed by atoms with Crippen molar-refractivity contribution >= 4 is 17.9 Å². The Morgan fingerprint density at radius 1 is 1.36 bits per heavy atom. The maximum absolute atomic E-state index is 11.5. The van der Waals surface area contributed by atoms with E-state index in [-0.39, 0.29) is 6.54 Å². The maximum Gasteiger partial charge on any atom is 0.407 e. The molecule has 2 unspecified atom stereocenters. The topological polar surface area (TPSA) is 78.8 Å². The van der Waals surface area contributed by atoms with Crippen molar-refractivity contribution in [2.45, 2.75) is 50.4 Å². The molecule has 0 spiro atoms. The summed E-state index contributed by atoms with van der Waals surface area (Å²) in [6.45, 7) is 7.24. The molecule has 0 aliphatic carbocycles. The smallest absolute Gasteiger partial charge is 0.407 e. The van der Waals surface area contributed by atoms with Crippen molar-refractivity contribution in [1.82, 2.24) is 5.32 Å². The highest BCUT2D eigenvalue weighted by molar-refractivity contribution is 7.99. The Hall–Kier alpha value is -1.24. The lowest BCUT2D eigenvalue weighted by atomic mass is 10.0. The predicted octanol–water partition coefficient (Wildman–Crippen LogP) is 2.72. The number of nitrogens with one attached hydrogen (secondary N) is 1. The van der Waals surface area contributed by atoms with Crippen molar-refractivity contribution in [2.24, 2.45) is 0 Å². The third-order valence-electron chi connectivity index (χ3n) is 2.73. The molecule has 1 aromatic rings. The van der Waals surface area contributed by atoms with E-state index in [1.165, 1.54) is 0 Å². The van der Waals surface area contributed by atoms with Crippen molar-refractivity contribution in [2.75, 3.05) is 12.3 Å². The van der Waals surface area contributed by atoms with Gasteiger partial charge in [-0.05, 0) is 44.2 Å². The van der Waals surface area contributed by atoms with E-state index in [4.69, 9.17) is 4.74 Å². The number of alkyl carbamates (subject to hydrolysis) is 1. The Kier molecular flexibility index (Phi) is 7.19. The quantitative estimate of drug-likeness (QED) is 0.700. The van der Waals surface area contributed by atoms with Gasteiger partial charge in [0.05, 0.1) is 0 Å². The normalized spacial score (nSPS) is 14.3. The number of carbonyl (C=O) groups excluding carboxylic acids is 1. The summed E-state index contributed by atoms with van der Waals surface area (Å²) in [5.41, 5.74) is 0.0243. The van der Waals surface area contributed by atoms with Crippen LogP contribution in [-0.4, -0.2) is 40.3 Å². The first-order valence-corrected chi connectivity index (χ1v) is 8.27. The van der Waals surface area contributed by atoms with Gasteiger partial charge >= 0.3 is 6.09 Å². The van der Waals surface area contributed by atoms with Crippen LogP contribution in [0.1, 0.15) is 39.4 Å². The predicted molar refractivity (Wildman–Crippen MR) is 88.0 cm³/mol. The van der Waals surface area contributed by atoms with E-state index in [0.717, 1.165) is 10.6 Å². The highest BCUT2D eigenvalue weighted by atomic mass is 32.2. The number of hydrogen-bond donors (Lipinski definition) is 3. The number of aliphatic hydroxyl groups is 2. The molecule has 0 saturated heterocycles. The number of benzene rings is 1. The summed E-state index contributed by atoms with van der Waals surface area (Å²) in [5, 5.41) is 22.6. The van der Waals surface area contributed by atoms with Crippen LogP contribution in [0.2, 0.25) is 0 Å². The fraction of sp³-hybridized carbons (Fsp3) is 0.562. The summed E-state index contributed by atoms with van der Waals surface area (Å²) in [4.78, 5) is 12.6. The minimum atomic E-state index is -1.10. The minimum absolute atomic E-state index is 0.0821. The van der Waals surface area contributed by atoms with Crippen LogP contribution in [0.25, 0.3) is 0 Å². The molecular formula is C16H25NO4S. The summed E-state index contributed by atoms with van der Waals surface area (Å²) >= 11 is 1.66. The van der Waals surface area contributed by atoms with Crippen LogP contribution < -0.4 is 5.32 Å². The van der Waals surface area contributed by atoms with Crippen LogP contribution in [0.3, 0.4) is 0 Å². The monoisotopic (exact) mass is 327 g/mol. The van der Waals surface area contributed by atoms with Gasteiger partial charge in [-0.1, -0.05) is 19.1 Å². The Balaban J connectivity index is 2.56. The van der Waals surface area contributed by atoms with Crippen LogP contribution in [0.15, 0.2) is 29.2 Å². The summed E-state index contributed by atoms with van der Waals surface area (Å²) in [5.74, 6) is 0.933. The molecule has 6 heteroatoms. The molecule has 0 bridgehead atoms. The van der Waals surface area contributed by atoms with E-state index < -0.39 is 23.9 Å². The van der Waals surface area contributed by atoms with E-state index >= 15 is 0 Å². The number of amides is 1. The zero-order valence-electron chi connectivity index (χ0n) is 13.5. The number of hydrogen-bond acceptors (Lipinski definition) is 5. The molecular weight excluding hydrogens is 302 g/mol. The summed E-state index contributed by atoms with van der Waals surface area (Å²) in [7, 11) is 0. The summed E-state index contributed by atoms with van der Waals surface area (Å²) in [6.07, 6.45) is -2.78. The molecule has 0 radical (unpaired) electrons. The molecule has 2 atom stereocenters. The lowest BCUT2D eigenvalue weighted by molar-refractivity contribution is 0.0128. The van der Waals surface area contributed by atoms with Crippen molar-refractivity contribution in [1.29, 1.82) is 0 Å². The molecule has 1 amide bonds. The van der Waals surface area contributed by atoms with Crippen LogP contribution in [0, 0.1) is 0 Å². The molecule has 1 aromatic carbocycles. The largest absolute Gasteiger partial charge is 0.444 e. The van der Waals surface area contributed by atoms with Gasteiger partial charge in [0.25, 0.3) is 0 Å². The van der Waals surface area contributed by atoms with Gasteiger partial charge in [-0.2, -0.15) is 0 Å². The van der Waals surface area contributed by atoms with Crippen molar-refractivity contribution in [3.63, 3.8) is 0 Å². The van der Waals surface area contributed by atoms with Gasteiger partial charge in [-0.25, -0.2) is 4.79 Å². The van der Waals surface area contributed by atoms with Gasteiger partial charge in [-0.15, -0.1) is 11.8 Å². The van der Waals surface area contributed by atoms with Crippen molar-refractivity contribution in [3.05, 3.63) is 29.8 Å². The van der Waals surface area contributed by atoms with Gasteiger partial charge in [0.2, 0.25) is 0 Å². The summed E-state index contributed by atoms with van der Waals surface area (Å²) in [6, 6.07) is 7.39. The Bertz CT molecular complexity index is 487. The molecule has 0 aliphatic heterocycles. The third-order valence-corrected chi connectivity index (χ3v) is 3.61. The minimum Gasteiger partial charge on any atom is -0.444 e. The highest BCUT2D eigenvalue weighted by Crippen LogP contribution is 2.23. The van der Waals surface area contributed by atoms with Crippen molar-refractivity contribution < 1.29 is 19.7 Å². The Labute approximate surface area is 136 Å². The second kappa shape index (κ2) is 8.41. The standard InChI is InChI=1S/C16H25NO4S/c1-5-22-12-8-6-7-11(9-12)14(19)13(18)10-17-15(20)21-16(2,3)4/h6-9,13-14,18-19H,5,10H2,1-4H3,(H,17,20). The summed E-state index contributed by atoms with van der Waals surface area (Å²) < 4.78 is 5.08. The molecule has 1 rings (SSSR count). The van der Waals surface area contributed by atoms with Crippen molar-refractivity contribution in [3.8, 4) is 0 Å². The first-order chi connectivity index (χ1) is 10.2. The zero-order valence-corrected chi connectivity index (χ0v) is 14.3. The second-order valence-electron chi connectivity index (χ2n) is 5.90. The van der Waals surface area contributed by atoms with Gasteiger partial charge in [-0.3, -0.25) is 0 Å². The fourth-order valence-corrected chi connectivity index (χ4v) is 2.52. The molecule has 3 N–H and O–H groups in total. The van der Waals surface area contributed by atoms with Gasteiger partial charge in [0.15, 0.2) is 0 Å². The lowest BCUT2D eigenvalue weighted by Crippen LogP contribution is -2.38. The molecule has 5 nitrogen and oxygen atoms in total. The van der Waals surface area contributed by atoms with Crippen LogP contribution in [-0.2, 0) is 4.74 Å². The zero-order chi connectivity index (χ0) is 16.8. The Morgan fingerprint density at radius 2 is 2.05 bits per heavy atom. The Morgan fingerprint density at radius 3 is 2.64 bits per heavy atom. The van der Waals surface area contributed by atoms with Gasteiger partial charge in [0, 0.05) is 11.4 Å². The average molecular weight is 327 g/mol. The number of thioether (sulfide) groups is 1. The van der Waals surface area contributed by atoms with E-state index in [0.29, 0.717) is 5.56 Å². The molecule has 0 aliphatic rings. The van der Waals surface area contributed by atoms with Crippen LogP contribution in [0.4, 0.5) is 4.79 Å². The van der Waals surface area contributed by atoms with Crippen LogP contribution >= 0.6 is 11.8 Å². The average Bonchev–Trinajstić information content (AvgIpc) is 2.43. The second-order valence-corrected chi connectivity index (χ2v) is 7.24. The number of aliphatic hydroxyl groups excluding tert-OH is 2. The first-order valence-electron chi connectivity index (χ1n) is 7.28. The number of carbonyl (C=O) groups is 1. The van der Waals surface area contributed by atoms with Gasteiger partial charge < -0.3 is 20.3 Å². The van der Waals surface area contributed by atoms with Crippen LogP contribution in [0.5, 0.6) is 0 Å². The van der Waals surface area contributed by atoms with E-state index in [9.17, 15) is 15.0 Å². The lowest BCUT2D eigenvalue weighted by Gasteiger charge is -2.22. The third kappa shape index (κ3) is 6.68. The fourth-order valence-electron chi connectivity index (χ4n) is 1.79. The SMILES string of the molecule is CCSc1cccc(C(O)C(O)CNC(=O)OC(C)(C)C)c1. The molecule has 0 saturated carbocycles. The molecule has 124 valence electrons. The molecule has 0 fully saturated rings. The van der Waals surface area contributed by atoms with E-state index in [1.807, 2.05) is 25.1 Å². The van der Waals surface area contributed by atoms with Gasteiger partial charge in [0.1, 0.15) is 17.8 Å².